The zero-order valence-electron chi connectivity index (χ0n) is 12.7. The Balaban J connectivity index is 2.35. The third-order valence-electron chi connectivity index (χ3n) is 2.84. The number of fused-ring (bicyclic) bond motifs is 1. The van der Waals surface area contributed by atoms with E-state index in [4.69, 9.17) is 4.74 Å². The van der Waals surface area contributed by atoms with Crippen molar-refractivity contribution in [2.45, 2.75) is 40.5 Å². The van der Waals surface area contributed by atoms with Crippen LogP contribution in [0.4, 0.5) is 5.95 Å². The van der Waals surface area contributed by atoms with Crippen molar-refractivity contribution in [1.29, 1.82) is 0 Å². The highest BCUT2D eigenvalue weighted by Gasteiger charge is 2.12. The second-order valence-electron chi connectivity index (χ2n) is 5.27. The van der Waals surface area contributed by atoms with Gasteiger partial charge in [0.25, 0.3) is 0 Å². The van der Waals surface area contributed by atoms with Crippen molar-refractivity contribution < 1.29 is 4.74 Å². The van der Waals surface area contributed by atoms with Crippen LogP contribution < -0.4 is 10.1 Å². The normalized spacial score (nSPS) is 11.2. The topological polar surface area (TPSA) is 47.0 Å². The van der Waals surface area contributed by atoms with Crippen molar-refractivity contribution in [2.75, 3.05) is 18.5 Å². The van der Waals surface area contributed by atoms with Gasteiger partial charge in [-0.05, 0) is 24.8 Å². The summed E-state index contributed by atoms with van der Waals surface area (Å²) in [6, 6.07) is 2.15. The number of aromatic nitrogens is 2. The lowest BCUT2D eigenvalue weighted by Gasteiger charge is -2.10. The summed E-state index contributed by atoms with van der Waals surface area (Å²) in [7, 11) is 0. The minimum Gasteiger partial charge on any atom is -0.477 e. The van der Waals surface area contributed by atoms with Gasteiger partial charge in [0.15, 0.2) is 0 Å². The van der Waals surface area contributed by atoms with Gasteiger partial charge in [-0.1, -0.05) is 27.7 Å². The van der Waals surface area contributed by atoms with Gasteiger partial charge < -0.3 is 10.1 Å². The van der Waals surface area contributed by atoms with E-state index in [2.05, 4.69) is 49.0 Å². The van der Waals surface area contributed by atoms with E-state index in [1.807, 2.05) is 0 Å². The van der Waals surface area contributed by atoms with Crippen molar-refractivity contribution in [1.82, 2.24) is 9.97 Å². The van der Waals surface area contributed by atoms with Crippen molar-refractivity contribution in [2.24, 2.45) is 5.92 Å². The zero-order chi connectivity index (χ0) is 14.5. The van der Waals surface area contributed by atoms with Crippen molar-refractivity contribution in [3.63, 3.8) is 0 Å². The molecular weight excluding hydrogens is 270 g/mol. The van der Waals surface area contributed by atoms with Crippen LogP contribution in [0.2, 0.25) is 0 Å². The fourth-order valence-corrected chi connectivity index (χ4v) is 2.75. The number of aryl methyl sites for hydroxylation is 1. The van der Waals surface area contributed by atoms with Crippen LogP contribution in [0.15, 0.2) is 6.07 Å². The van der Waals surface area contributed by atoms with Crippen LogP contribution in [0.25, 0.3) is 10.2 Å². The highest BCUT2D eigenvalue weighted by Crippen LogP contribution is 2.31. The molecule has 110 valence electrons. The SMILES string of the molecule is CCCNc1nc(OCC(C)C)c2cc(CC)sc2n1. The van der Waals surface area contributed by atoms with Gasteiger partial charge in [-0.25, -0.2) is 4.98 Å². The minimum absolute atomic E-state index is 0.483. The molecule has 0 saturated carbocycles. The fraction of sp³-hybridized carbons (Fsp3) is 0.600. The standard InChI is InChI=1S/C15H23N3OS/c1-5-7-16-15-17-13(19-9-10(3)4)12-8-11(6-2)20-14(12)18-15/h8,10H,5-7,9H2,1-4H3,(H,16,17,18). The third kappa shape index (κ3) is 3.60. The van der Waals surface area contributed by atoms with E-state index >= 15 is 0 Å². The molecule has 1 N–H and O–H groups in total. The highest BCUT2D eigenvalue weighted by atomic mass is 32.1. The molecule has 2 aromatic heterocycles. The first kappa shape index (κ1) is 15.0. The Morgan fingerprint density at radius 3 is 2.75 bits per heavy atom. The van der Waals surface area contributed by atoms with Gasteiger partial charge in [0.05, 0.1) is 12.0 Å². The van der Waals surface area contributed by atoms with Gasteiger partial charge in [-0.2, -0.15) is 4.98 Å². The molecule has 4 nitrogen and oxygen atoms in total. The maximum Gasteiger partial charge on any atom is 0.227 e. The molecule has 2 rings (SSSR count). The largest absolute Gasteiger partial charge is 0.477 e. The second-order valence-corrected chi connectivity index (χ2v) is 6.38. The Bertz CT molecular complexity index is 565. The maximum atomic E-state index is 5.87. The summed E-state index contributed by atoms with van der Waals surface area (Å²) in [5, 5.41) is 4.28. The number of nitrogens with zero attached hydrogens (tertiary/aromatic N) is 2. The average molecular weight is 293 g/mol. The van der Waals surface area contributed by atoms with E-state index in [1.165, 1.54) is 4.88 Å². The van der Waals surface area contributed by atoms with Gasteiger partial charge in [-0.15, -0.1) is 11.3 Å². The summed E-state index contributed by atoms with van der Waals surface area (Å²) in [6.07, 6.45) is 2.07. The summed E-state index contributed by atoms with van der Waals surface area (Å²) in [5.74, 6) is 1.86. The zero-order valence-corrected chi connectivity index (χ0v) is 13.5. The summed E-state index contributed by atoms with van der Waals surface area (Å²) in [4.78, 5) is 11.4. The Morgan fingerprint density at radius 1 is 1.30 bits per heavy atom. The highest BCUT2D eigenvalue weighted by molar-refractivity contribution is 7.18. The molecule has 0 aliphatic heterocycles. The second kappa shape index (κ2) is 6.88. The molecule has 2 aromatic rings. The summed E-state index contributed by atoms with van der Waals surface area (Å²) >= 11 is 1.72. The fourth-order valence-electron chi connectivity index (χ4n) is 1.79. The van der Waals surface area contributed by atoms with E-state index in [9.17, 15) is 0 Å². The quantitative estimate of drug-likeness (QED) is 0.834. The predicted molar refractivity (Wildman–Crippen MR) is 85.9 cm³/mol. The molecule has 0 spiro atoms. The van der Waals surface area contributed by atoms with E-state index in [-0.39, 0.29) is 0 Å². The lowest BCUT2D eigenvalue weighted by molar-refractivity contribution is 0.265. The Morgan fingerprint density at radius 2 is 2.10 bits per heavy atom. The van der Waals surface area contributed by atoms with Gasteiger partial charge in [-0.3, -0.25) is 0 Å². The van der Waals surface area contributed by atoms with Crippen LogP contribution >= 0.6 is 11.3 Å². The first-order valence-corrected chi connectivity index (χ1v) is 8.12. The molecule has 2 heterocycles. The smallest absolute Gasteiger partial charge is 0.227 e. The Hall–Kier alpha value is -1.36. The van der Waals surface area contributed by atoms with Crippen LogP contribution in [0, 0.1) is 5.92 Å². The van der Waals surface area contributed by atoms with Gasteiger partial charge >= 0.3 is 0 Å². The van der Waals surface area contributed by atoms with E-state index in [1.54, 1.807) is 11.3 Å². The molecule has 0 amide bonds. The minimum atomic E-state index is 0.483. The maximum absolute atomic E-state index is 5.87. The molecule has 0 aliphatic rings. The van der Waals surface area contributed by atoms with Gasteiger partial charge in [0.2, 0.25) is 11.8 Å². The molecule has 20 heavy (non-hydrogen) atoms. The van der Waals surface area contributed by atoms with Gasteiger partial charge in [0, 0.05) is 11.4 Å². The monoisotopic (exact) mass is 293 g/mol. The summed E-state index contributed by atoms with van der Waals surface area (Å²) in [5.41, 5.74) is 0. The lowest BCUT2D eigenvalue weighted by atomic mass is 10.2. The number of thiophene rings is 1. The molecule has 0 unspecified atom stereocenters. The first-order chi connectivity index (χ1) is 9.63. The molecule has 0 atom stereocenters. The molecular formula is C15H23N3OS. The number of hydrogen-bond donors (Lipinski definition) is 1. The van der Waals surface area contributed by atoms with E-state index in [0.717, 1.165) is 29.6 Å². The summed E-state index contributed by atoms with van der Waals surface area (Å²) < 4.78 is 5.87. The molecule has 0 saturated heterocycles. The van der Waals surface area contributed by atoms with Crippen molar-refractivity contribution in [3.8, 4) is 5.88 Å². The molecule has 0 bridgehead atoms. The number of rotatable bonds is 7. The Kier molecular flexibility index (Phi) is 5.17. The first-order valence-electron chi connectivity index (χ1n) is 7.31. The predicted octanol–water partition coefficient (Wildman–Crippen LogP) is 4.11. The van der Waals surface area contributed by atoms with E-state index < -0.39 is 0 Å². The van der Waals surface area contributed by atoms with Crippen LogP contribution in [0.3, 0.4) is 0 Å². The van der Waals surface area contributed by atoms with Gasteiger partial charge in [0.1, 0.15) is 4.83 Å². The third-order valence-corrected chi connectivity index (χ3v) is 4.02. The number of nitrogens with one attached hydrogen (secondary N) is 1. The van der Waals surface area contributed by atoms with E-state index in [0.29, 0.717) is 24.4 Å². The molecule has 0 aliphatic carbocycles. The number of ether oxygens (including phenoxy) is 1. The molecule has 0 radical (unpaired) electrons. The van der Waals surface area contributed by atoms with Crippen molar-refractivity contribution >= 4 is 27.5 Å². The summed E-state index contributed by atoms with van der Waals surface area (Å²) in [6.45, 7) is 10.1. The van der Waals surface area contributed by atoms with Crippen LogP contribution in [0.5, 0.6) is 5.88 Å². The number of anilines is 1. The Labute approximate surface area is 124 Å². The average Bonchev–Trinajstić information content (AvgIpc) is 2.85. The van der Waals surface area contributed by atoms with Crippen LogP contribution in [-0.2, 0) is 6.42 Å². The number of hydrogen-bond acceptors (Lipinski definition) is 5. The van der Waals surface area contributed by atoms with Crippen molar-refractivity contribution in [3.05, 3.63) is 10.9 Å². The van der Waals surface area contributed by atoms with Crippen LogP contribution in [0.1, 0.15) is 39.0 Å². The molecule has 5 heteroatoms. The lowest BCUT2D eigenvalue weighted by Crippen LogP contribution is -2.09. The molecule has 0 aromatic carbocycles. The molecule has 0 fully saturated rings. The van der Waals surface area contributed by atoms with Crippen LogP contribution in [-0.4, -0.2) is 23.1 Å².